The Balaban J connectivity index is 2.77. The largest absolute Gasteiger partial charge is 0.396 e. The fraction of sp³-hybridized carbons (Fsp3) is 0.615. The van der Waals surface area contributed by atoms with Gasteiger partial charge in [-0.25, -0.2) is 0 Å². The average Bonchev–Trinajstić information content (AvgIpc) is 2.63. The Labute approximate surface area is 113 Å². The van der Waals surface area contributed by atoms with Gasteiger partial charge in [0.2, 0.25) is 5.91 Å². The van der Waals surface area contributed by atoms with Crippen LogP contribution in [0.4, 0.5) is 5.69 Å². The molecule has 0 saturated carbocycles. The van der Waals surface area contributed by atoms with Crippen LogP contribution in [0.1, 0.15) is 25.2 Å². The summed E-state index contributed by atoms with van der Waals surface area (Å²) in [6.07, 6.45) is 0. The number of anilines is 1. The fourth-order valence-corrected chi connectivity index (χ4v) is 1.87. The van der Waals surface area contributed by atoms with E-state index in [1.54, 1.807) is 16.5 Å². The van der Waals surface area contributed by atoms with E-state index in [0.717, 1.165) is 11.4 Å². The maximum Gasteiger partial charge on any atom is 0.244 e. The molecule has 1 rings (SSSR count). The fourth-order valence-electron chi connectivity index (χ4n) is 1.87. The first-order chi connectivity index (χ1) is 8.90. The Hall–Kier alpha value is -2.03. The second-order valence-corrected chi connectivity index (χ2v) is 4.70. The quantitative estimate of drug-likeness (QED) is 0.861. The van der Waals surface area contributed by atoms with Gasteiger partial charge < -0.3 is 10.6 Å². The van der Waals surface area contributed by atoms with E-state index in [1.165, 1.54) is 0 Å². The summed E-state index contributed by atoms with van der Waals surface area (Å²) < 4.78 is 1.62. The number of likely N-dealkylation sites (N-methyl/N-ethyl adjacent to an activating group) is 1. The molecular formula is C13H21N5O. The highest BCUT2D eigenvalue weighted by molar-refractivity contribution is 5.76. The second-order valence-electron chi connectivity index (χ2n) is 4.70. The number of amides is 1. The number of nitrogen functional groups attached to an aromatic ring is 1. The SMILES string of the molecule is CCN(CC(C)C#N)C(=O)Cn1nc(C)c(N)c1C. The summed E-state index contributed by atoms with van der Waals surface area (Å²) in [6, 6.07) is 2.14. The molecular weight excluding hydrogens is 242 g/mol. The standard InChI is InChI=1S/C13H21N5O/c1-5-17(7-9(2)6-14)12(19)8-18-11(4)13(15)10(3)16-18/h9H,5,7-8,15H2,1-4H3. The number of nitrogens with two attached hydrogens (primary N) is 1. The van der Waals surface area contributed by atoms with Gasteiger partial charge in [-0.15, -0.1) is 0 Å². The van der Waals surface area contributed by atoms with Gasteiger partial charge in [-0.3, -0.25) is 9.48 Å². The van der Waals surface area contributed by atoms with Crippen LogP contribution in [0.5, 0.6) is 0 Å². The molecule has 2 N–H and O–H groups in total. The number of carbonyl (C=O) groups is 1. The highest BCUT2D eigenvalue weighted by Crippen LogP contribution is 2.14. The molecule has 0 fully saturated rings. The van der Waals surface area contributed by atoms with Gasteiger partial charge in [-0.1, -0.05) is 0 Å². The van der Waals surface area contributed by atoms with E-state index in [1.807, 2.05) is 20.8 Å². The minimum Gasteiger partial charge on any atom is -0.396 e. The third-order valence-corrected chi connectivity index (χ3v) is 3.17. The van der Waals surface area contributed by atoms with Crippen molar-refractivity contribution < 1.29 is 4.79 Å². The van der Waals surface area contributed by atoms with Crippen LogP contribution in [0.15, 0.2) is 0 Å². The summed E-state index contributed by atoms with van der Waals surface area (Å²) >= 11 is 0. The van der Waals surface area contributed by atoms with Gasteiger partial charge in [0, 0.05) is 13.1 Å². The Morgan fingerprint density at radius 3 is 2.63 bits per heavy atom. The van der Waals surface area contributed by atoms with Gasteiger partial charge in [-0.2, -0.15) is 10.4 Å². The molecule has 19 heavy (non-hydrogen) atoms. The molecule has 6 nitrogen and oxygen atoms in total. The van der Waals surface area contributed by atoms with Crippen LogP contribution >= 0.6 is 0 Å². The van der Waals surface area contributed by atoms with Crippen molar-refractivity contribution in [3.63, 3.8) is 0 Å². The number of carbonyl (C=O) groups excluding carboxylic acids is 1. The summed E-state index contributed by atoms with van der Waals surface area (Å²) in [5, 5.41) is 13.1. The Morgan fingerprint density at radius 1 is 1.58 bits per heavy atom. The molecule has 6 heteroatoms. The number of hydrogen-bond donors (Lipinski definition) is 1. The van der Waals surface area contributed by atoms with Crippen molar-refractivity contribution in [1.82, 2.24) is 14.7 Å². The smallest absolute Gasteiger partial charge is 0.244 e. The topological polar surface area (TPSA) is 87.9 Å². The average molecular weight is 263 g/mol. The normalized spacial score (nSPS) is 11.9. The monoisotopic (exact) mass is 263 g/mol. The zero-order valence-corrected chi connectivity index (χ0v) is 12.0. The summed E-state index contributed by atoms with van der Waals surface area (Å²) in [5.74, 6) is -0.218. The van der Waals surface area contributed by atoms with Gasteiger partial charge in [0.05, 0.1) is 29.1 Å². The summed E-state index contributed by atoms with van der Waals surface area (Å²) in [7, 11) is 0. The lowest BCUT2D eigenvalue weighted by molar-refractivity contribution is -0.132. The molecule has 1 heterocycles. The molecule has 0 aromatic carbocycles. The van der Waals surface area contributed by atoms with E-state index >= 15 is 0 Å². The van der Waals surface area contributed by atoms with Crippen LogP contribution in [-0.2, 0) is 11.3 Å². The number of rotatable bonds is 5. The molecule has 0 aliphatic carbocycles. The zero-order chi connectivity index (χ0) is 14.6. The minimum absolute atomic E-state index is 0.0461. The third-order valence-electron chi connectivity index (χ3n) is 3.17. The van der Waals surface area contributed by atoms with Crippen LogP contribution in [0.2, 0.25) is 0 Å². The van der Waals surface area contributed by atoms with E-state index in [-0.39, 0.29) is 18.4 Å². The van der Waals surface area contributed by atoms with Gasteiger partial charge in [0.1, 0.15) is 6.54 Å². The lowest BCUT2D eigenvalue weighted by atomic mass is 10.2. The number of nitriles is 1. The van der Waals surface area contributed by atoms with Crippen molar-refractivity contribution in [2.75, 3.05) is 18.8 Å². The lowest BCUT2D eigenvalue weighted by Gasteiger charge is -2.22. The van der Waals surface area contributed by atoms with Crippen molar-refractivity contribution in [3.05, 3.63) is 11.4 Å². The maximum atomic E-state index is 12.2. The molecule has 0 spiro atoms. The van der Waals surface area contributed by atoms with Crippen molar-refractivity contribution in [2.45, 2.75) is 34.2 Å². The highest BCUT2D eigenvalue weighted by atomic mass is 16.2. The van der Waals surface area contributed by atoms with Crippen LogP contribution in [-0.4, -0.2) is 33.7 Å². The molecule has 0 aliphatic heterocycles. The Bertz CT molecular complexity index is 500. The summed E-state index contributed by atoms with van der Waals surface area (Å²) in [4.78, 5) is 13.8. The molecule has 0 saturated heterocycles. The molecule has 1 aromatic rings. The Morgan fingerprint density at radius 2 is 2.21 bits per heavy atom. The molecule has 104 valence electrons. The molecule has 0 aliphatic rings. The van der Waals surface area contributed by atoms with Gasteiger partial charge in [0.25, 0.3) is 0 Å². The van der Waals surface area contributed by atoms with Crippen LogP contribution in [0.3, 0.4) is 0 Å². The van der Waals surface area contributed by atoms with Gasteiger partial charge >= 0.3 is 0 Å². The predicted octanol–water partition coefficient (Wildman–Crippen LogP) is 1.09. The van der Waals surface area contributed by atoms with Crippen molar-refractivity contribution >= 4 is 11.6 Å². The maximum absolute atomic E-state index is 12.2. The highest BCUT2D eigenvalue weighted by Gasteiger charge is 2.17. The molecule has 1 unspecified atom stereocenters. The van der Waals surface area contributed by atoms with E-state index in [2.05, 4.69) is 11.2 Å². The van der Waals surface area contributed by atoms with E-state index in [4.69, 9.17) is 11.0 Å². The van der Waals surface area contributed by atoms with Crippen LogP contribution in [0.25, 0.3) is 0 Å². The van der Waals surface area contributed by atoms with E-state index in [9.17, 15) is 4.79 Å². The lowest BCUT2D eigenvalue weighted by Crippen LogP contribution is -2.37. The molecule has 1 aromatic heterocycles. The van der Waals surface area contributed by atoms with E-state index < -0.39 is 0 Å². The number of aryl methyl sites for hydroxylation is 1. The molecule has 1 amide bonds. The molecule has 0 radical (unpaired) electrons. The number of aromatic nitrogens is 2. The predicted molar refractivity (Wildman–Crippen MR) is 73.1 cm³/mol. The first-order valence-corrected chi connectivity index (χ1v) is 6.37. The third kappa shape index (κ3) is 3.47. The zero-order valence-electron chi connectivity index (χ0n) is 12.0. The van der Waals surface area contributed by atoms with Gasteiger partial charge in [-0.05, 0) is 27.7 Å². The first kappa shape index (κ1) is 15.0. The summed E-state index contributed by atoms with van der Waals surface area (Å²) in [5.41, 5.74) is 8.00. The number of nitrogens with zero attached hydrogens (tertiary/aromatic N) is 4. The Kier molecular flexibility index (Phi) is 4.93. The van der Waals surface area contributed by atoms with Crippen LogP contribution < -0.4 is 5.73 Å². The van der Waals surface area contributed by atoms with Crippen molar-refractivity contribution in [1.29, 1.82) is 5.26 Å². The number of hydrogen-bond acceptors (Lipinski definition) is 4. The van der Waals surface area contributed by atoms with Crippen LogP contribution in [0, 0.1) is 31.1 Å². The van der Waals surface area contributed by atoms with Gasteiger partial charge in [0.15, 0.2) is 0 Å². The second kappa shape index (κ2) is 6.23. The van der Waals surface area contributed by atoms with E-state index in [0.29, 0.717) is 18.8 Å². The molecule has 1 atom stereocenters. The van der Waals surface area contributed by atoms with Crippen molar-refractivity contribution in [3.8, 4) is 6.07 Å². The minimum atomic E-state index is -0.172. The van der Waals surface area contributed by atoms with Crippen molar-refractivity contribution in [2.24, 2.45) is 5.92 Å². The summed E-state index contributed by atoms with van der Waals surface area (Å²) in [6.45, 7) is 8.56. The molecule has 0 bridgehead atoms. The first-order valence-electron chi connectivity index (χ1n) is 6.37.